The van der Waals surface area contributed by atoms with Gasteiger partial charge in [-0.25, -0.2) is 9.59 Å². The number of fused-ring (bicyclic) bond motifs is 1. The molecule has 0 radical (unpaired) electrons. The van der Waals surface area contributed by atoms with Gasteiger partial charge in [-0.15, -0.1) is 0 Å². The van der Waals surface area contributed by atoms with Crippen molar-refractivity contribution >= 4 is 35.8 Å². The molecule has 0 aromatic heterocycles. The van der Waals surface area contributed by atoms with Crippen LogP contribution < -0.4 is 9.47 Å². The molecule has 0 spiro atoms. The number of hydrogen-bond acceptors (Lipinski definition) is 10. The minimum atomic E-state index is -0.914. The van der Waals surface area contributed by atoms with Crippen molar-refractivity contribution in [3.05, 3.63) is 91.7 Å². The molecule has 8 nitrogen and oxygen atoms in total. The van der Waals surface area contributed by atoms with Crippen LogP contribution in [0.2, 0.25) is 0 Å². The van der Waals surface area contributed by atoms with Crippen LogP contribution in [-0.4, -0.2) is 26.5 Å². The monoisotopic (exact) mass is 540 g/mol. The van der Waals surface area contributed by atoms with Gasteiger partial charge in [-0.1, -0.05) is 72.1 Å². The van der Waals surface area contributed by atoms with Gasteiger partial charge in [0.05, 0.1) is 28.2 Å². The molecule has 1 aliphatic heterocycles. The van der Waals surface area contributed by atoms with Gasteiger partial charge in [0.15, 0.2) is 11.5 Å². The zero-order valence-electron chi connectivity index (χ0n) is 19.9. The van der Waals surface area contributed by atoms with Gasteiger partial charge in [0.1, 0.15) is 17.7 Å². The van der Waals surface area contributed by atoms with Crippen molar-refractivity contribution in [3.63, 3.8) is 0 Å². The van der Waals surface area contributed by atoms with Gasteiger partial charge in [0.2, 0.25) is 0 Å². The normalized spacial score (nSPS) is 17.1. The van der Waals surface area contributed by atoms with Gasteiger partial charge in [-0.3, -0.25) is 0 Å². The molecule has 0 atom stereocenters. The van der Waals surface area contributed by atoms with Crippen LogP contribution in [0.4, 0.5) is 9.59 Å². The Hall–Kier alpha value is -4.38. The van der Waals surface area contributed by atoms with Gasteiger partial charge in [-0.2, -0.15) is 10.5 Å². The number of allylic oxidation sites excluding steroid dienone is 1. The van der Waals surface area contributed by atoms with E-state index in [-0.39, 0.29) is 28.9 Å². The van der Waals surface area contributed by atoms with Crippen LogP contribution in [0, 0.1) is 22.7 Å². The number of ether oxygens (including phenoxy) is 4. The van der Waals surface area contributed by atoms with Crippen molar-refractivity contribution in [2.24, 2.45) is 0 Å². The highest BCUT2D eigenvalue weighted by Crippen LogP contribution is 2.68. The molecule has 1 heterocycles. The van der Waals surface area contributed by atoms with Crippen LogP contribution in [-0.2, 0) is 9.47 Å². The van der Waals surface area contributed by atoms with E-state index in [1.807, 2.05) is 60.7 Å². The fourth-order valence-corrected chi connectivity index (χ4v) is 7.90. The van der Waals surface area contributed by atoms with Gasteiger partial charge in [-0.05, 0) is 22.3 Å². The molecule has 2 bridgehead atoms. The van der Waals surface area contributed by atoms with Gasteiger partial charge < -0.3 is 18.9 Å². The second-order valence-corrected chi connectivity index (χ2v) is 10.8. The van der Waals surface area contributed by atoms with Gasteiger partial charge >= 0.3 is 12.3 Å². The number of rotatable bonds is 2. The number of benzene rings is 3. The van der Waals surface area contributed by atoms with Crippen LogP contribution in [0.25, 0.3) is 0 Å². The maximum Gasteiger partial charge on any atom is 0.513 e. The first-order valence-corrected chi connectivity index (χ1v) is 13.0. The molecule has 7 rings (SSSR count). The second-order valence-electron chi connectivity index (χ2n) is 8.47. The average Bonchev–Trinajstić information content (AvgIpc) is 3.39. The van der Waals surface area contributed by atoms with E-state index in [2.05, 4.69) is 0 Å². The number of thioether (sulfide) groups is 2. The Morgan fingerprint density at radius 1 is 0.711 bits per heavy atom. The van der Waals surface area contributed by atoms with Crippen LogP contribution in [0.5, 0.6) is 11.5 Å². The van der Waals surface area contributed by atoms with E-state index in [9.17, 15) is 20.1 Å². The summed E-state index contributed by atoms with van der Waals surface area (Å²) in [5, 5.41) is 19.1. The van der Waals surface area contributed by atoms with Crippen LogP contribution in [0.3, 0.4) is 0 Å². The SMILES string of the molecule is COC(=O)Oc1c2c(c(OC(=O)OC)c3c1C1c4ccccc4C3c3ccccc31)SC(=C(C#N)C#N)S2. The first kappa shape index (κ1) is 24.0. The smallest absolute Gasteiger partial charge is 0.437 e. The number of nitrogens with zero attached hydrogens (tertiary/aromatic N) is 2. The van der Waals surface area contributed by atoms with E-state index >= 15 is 0 Å². The van der Waals surface area contributed by atoms with Crippen molar-refractivity contribution in [1.29, 1.82) is 10.5 Å². The van der Waals surface area contributed by atoms with E-state index in [4.69, 9.17) is 18.9 Å². The largest absolute Gasteiger partial charge is 0.513 e. The first-order valence-electron chi connectivity index (χ1n) is 11.3. The predicted molar refractivity (Wildman–Crippen MR) is 137 cm³/mol. The Morgan fingerprint density at radius 3 is 1.39 bits per heavy atom. The highest BCUT2D eigenvalue weighted by atomic mass is 32.2. The molecule has 3 aromatic carbocycles. The van der Waals surface area contributed by atoms with Gasteiger partial charge in [0, 0.05) is 23.0 Å². The van der Waals surface area contributed by atoms with Crippen LogP contribution in [0.15, 0.2) is 68.1 Å². The molecule has 4 aliphatic rings. The topological polar surface area (TPSA) is 119 Å². The first-order chi connectivity index (χ1) is 18.5. The van der Waals surface area contributed by atoms with Crippen LogP contribution >= 0.6 is 23.5 Å². The Labute approximate surface area is 225 Å². The lowest BCUT2D eigenvalue weighted by atomic mass is 9.60. The Bertz CT molecular complexity index is 1520. The predicted octanol–water partition coefficient (Wildman–Crippen LogP) is 6.42. The Morgan fingerprint density at radius 2 is 1.08 bits per heavy atom. The van der Waals surface area contributed by atoms with Gasteiger partial charge in [0.25, 0.3) is 0 Å². The number of hydrogen-bond donors (Lipinski definition) is 0. The standard InChI is InChI=1S/C28H16N2O6S2/c1-33-27(31)35-22-20-18-14-7-3-5-9-16(14)19(17-10-6-4-8-15(17)18)21(20)23(36-28(32)34-2)25-24(22)37-26(38-25)13(11-29)12-30/h3-10,18-19H,1-2H3. The molecule has 186 valence electrons. The molecule has 0 N–H and O–H groups in total. The van der Waals surface area contributed by atoms with Crippen molar-refractivity contribution in [3.8, 4) is 23.6 Å². The molecule has 0 saturated heterocycles. The van der Waals surface area contributed by atoms with E-state index in [0.29, 0.717) is 25.2 Å². The van der Waals surface area contributed by atoms with Crippen LogP contribution in [0.1, 0.15) is 45.2 Å². The summed E-state index contributed by atoms with van der Waals surface area (Å²) in [5.41, 5.74) is 5.41. The molecular weight excluding hydrogens is 524 g/mol. The van der Waals surface area contributed by atoms with Crippen molar-refractivity contribution in [1.82, 2.24) is 0 Å². The van der Waals surface area contributed by atoms with Crippen molar-refractivity contribution in [2.45, 2.75) is 21.6 Å². The summed E-state index contributed by atoms with van der Waals surface area (Å²) in [4.78, 5) is 26.0. The molecule has 38 heavy (non-hydrogen) atoms. The maximum atomic E-state index is 12.5. The number of carbonyl (C=O) groups excluding carboxylic acids is 2. The number of nitriles is 2. The lowest BCUT2D eigenvalue weighted by Gasteiger charge is -2.43. The highest BCUT2D eigenvalue weighted by molar-refractivity contribution is 8.24. The molecule has 0 amide bonds. The third-order valence-electron chi connectivity index (χ3n) is 6.73. The third-order valence-corrected chi connectivity index (χ3v) is 9.33. The van der Waals surface area contributed by atoms with E-state index in [1.54, 1.807) is 0 Å². The molecule has 10 heteroatoms. The molecule has 3 aliphatic carbocycles. The molecule has 0 unspecified atom stereocenters. The minimum absolute atomic E-state index is 0.100. The lowest BCUT2D eigenvalue weighted by Crippen LogP contribution is -2.30. The number of carbonyl (C=O) groups is 2. The third kappa shape index (κ3) is 3.38. The molecule has 0 saturated carbocycles. The summed E-state index contributed by atoms with van der Waals surface area (Å²) < 4.78 is 21.7. The van der Waals surface area contributed by atoms with E-state index in [0.717, 1.165) is 45.8 Å². The minimum Gasteiger partial charge on any atom is -0.437 e. The number of methoxy groups -OCH3 is 2. The summed E-state index contributed by atoms with van der Waals surface area (Å²) >= 11 is 2.23. The summed E-state index contributed by atoms with van der Waals surface area (Å²) in [6.45, 7) is 0. The van der Waals surface area contributed by atoms with Crippen molar-refractivity contribution < 1.29 is 28.5 Å². The summed E-state index contributed by atoms with van der Waals surface area (Å²) in [6.07, 6.45) is -1.83. The zero-order chi connectivity index (χ0) is 26.6. The summed E-state index contributed by atoms with van der Waals surface area (Å²) in [5.74, 6) is -0.170. The molecule has 3 aromatic rings. The molecular formula is C28H16N2O6S2. The van der Waals surface area contributed by atoms with E-state index < -0.39 is 12.3 Å². The second kappa shape index (κ2) is 9.18. The Kier molecular flexibility index (Phi) is 5.79. The summed E-state index contributed by atoms with van der Waals surface area (Å²) in [6, 6.07) is 19.8. The fourth-order valence-electron chi connectivity index (χ4n) is 5.36. The molecule has 0 fully saturated rings. The highest BCUT2D eigenvalue weighted by Gasteiger charge is 2.48. The lowest BCUT2D eigenvalue weighted by molar-refractivity contribution is 0.116. The van der Waals surface area contributed by atoms with E-state index in [1.165, 1.54) is 14.2 Å². The Balaban J connectivity index is 1.74. The average molecular weight is 541 g/mol. The maximum absolute atomic E-state index is 12.5. The summed E-state index contributed by atoms with van der Waals surface area (Å²) in [7, 11) is 2.44. The fraction of sp³-hybridized carbons (Fsp3) is 0.143. The van der Waals surface area contributed by atoms with Crippen molar-refractivity contribution in [2.75, 3.05) is 14.2 Å². The zero-order valence-corrected chi connectivity index (χ0v) is 21.6. The quantitative estimate of drug-likeness (QED) is 0.141.